The van der Waals surface area contributed by atoms with Gasteiger partial charge in [-0.15, -0.1) is 0 Å². The van der Waals surface area contributed by atoms with Crippen LogP contribution in [0.4, 0.5) is 0 Å². The molecule has 2 N–H and O–H groups in total. The van der Waals surface area contributed by atoms with Crippen LogP contribution in [0.25, 0.3) is 11.2 Å². The topological polar surface area (TPSA) is 138 Å². The Morgan fingerprint density at radius 1 is 0.918 bits per heavy atom. The van der Waals surface area contributed by atoms with Crippen LogP contribution in [0.2, 0.25) is 0 Å². The summed E-state index contributed by atoms with van der Waals surface area (Å²) in [4.78, 5) is 33.0. The molecule has 1 aliphatic rings. The van der Waals surface area contributed by atoms with Crippen LogP contribution in [0.15, 0.2) is 17.4 Å². The van der Waals surface area contributed by atoms with Gasteiger partial charge in [-0.3, -0.25) is 18.4 Å². The number of unbranched alkanes of at least 4 members (excludes halogenated alkanes) is 14. The molecule has 49 heavy (non-hydrogen) atoms. The Morgan fingerprint density at radius 3 is 2.27 bits per heavy atom. The number of phosphoric ester groups is 1. The highest BCUT2D eigenvalue weighted by Crippen LogP contribution is 2.44. The first-order chi connectivity index (χ1) is 23.8. The lowest BCUT2D eigenvalue weighted by Gasteiger charge is -2.24. The summed E-state index contributed by atoms with van der Waals surface area (Å²) in [6.07, 6.45) is 26.5. The van der Waals surface area contributed by atoms with E-state index in [1.807, 2.05) is 0 Å². The number of nitrogens with one attached hydrogen (secondary N) is 1. The molecule has 3 heterocycles. The molecule has 2 aromatic rings. The van der Waals surface area contributed by atoms with Crippen LogP contribution in [0.3, 0.4) is 0 Å². The van der Waals surface area contributed by atoms with Crippen molar-refractivity contribution in [1.29, 1.82) is 0 Å². The molecule has 282 valence electrons. The molecule has 5 atom stereocenters. The van der Waals surface area contributed by atoms with Gasteiger partial charge in [0.05, 0.1) is 38.1 Å². The molecule has 1 saturated heterocycles. The third kappa shape index (κ3) is 16.7. The van der Waals surface area contributed by atoms with E-state index in [9.17, 15) is 14.3 Å². The van der Waals surface area contributed by atoms with E-state index < -0.39 is 7.82 Å². The number of hydrogen-bond donors (Lipinski definition) is 2. The molecule has 0 spiro atoms. The molecular weight excluding hydrogens is 663 g/mol. The molecule has 0 amide bonds. The van der Waals surface area contributed by atoms with Gasteiger partial charge >= 0.3 is 7.82 Å². The van der Waals surface area contributed by atoms with Crippen LogP contribution in [-0.2, 0) is 23.1 Å². The third-order valence-electron chi connectivity index (χ3n) is 9.30. The largest absolute Gasteiger partial charge is 0.472 e. The quantitative estimate of drug-likeness (QED) is 0.0591. The molecule has 13 heteroatoms. The maximum absolute atomic E-state index is 12.5. The van der Waals surface area contributed by atoms with Crippen molar-refractivity contribution in [3.8, 4) is 0 Å². The van der Waals surface area contributed by atoms with E-state index in [0.717, 1.165) is 0 Å². The number of aromatic amines is 1. The van der Waals surface area contributed by atoms with E-state index >= 15 is 0 Å². The molecule has 3 unspecified atom stereocenters. The van der Waals surface area contributed by atoms with Gasteiger partial charge in [-0.05, 0) is 44.8 Å². The highest BCUT2D eigenvalue weighted by atomic mass is 32.2. The molecule has 0 aromatic carbocycles. The fourth-order valence-electron chi connectivity index (χ4n) is 6.32. The standard InChI is InChI=1S/C36H65N4O7PS/c1-4-6-8-10-11-12-13-14-15-17-19-26-49-32(21-18-16-9-7-5-2)30(3)44-24-20-25-45-48(42,43)46-27-31-22-23-33(47-31)40-29-39-34-35(40)37-28-38-36(34)41/h28-33H,4-27H2,1-3H3,(H,42,43)(H,37,38,41)/t30?,31-,32?,33+/m0/s1. The number of hydrogen-bond acceptors (Lipinski definition) is 9. The van der Waals surface area contributed by atoms with Crippen molar-refractivity contribution < 1.29 is 28.0 Å². The highest BCUT2D eigenvalue weighted by molar-refractivity contribution is 7.99. The van der Waals surface area contributed by atoms with Crippen molar-refractivity contribution in [3.63, 3.8) is 0 Å². The van der Waals surface area contributed by atoms with Gasteiger partial charge in [0.25, 0.3) is 5.56 Å². The van der Waals surface area contributed by atoms with E-state index in [0.29, 0.717) is 36.8 Å². The molecule has 1 aliphatic heterocycles. The van der Waals surface area contributed by atoms with Crippen molar-refractivity contribution in [2.45, 2.75) is 173 Å². The second-order valence-corrected chi connectivity index (χ2v) is 16.3. The maximum atomic E-state index is 12.5. The molecule has 1 fully saturated rings. The Labute approximate surface area is 299 Å². The lowest BCUT2D eigenvalue weighted by Crippen LogP contribution is -2.25. The smallest absolute Gasteiger partial charge is 0.377 e. The minimum atomic E-state index is -4.23. The van der Waals surface area contributed by atoms with Gasteiger partial charge in [0.1, 0.15) is 6.23 Å². The summed E-state index contributed by atoms with van der Waals surface area (Å²) in [6, 6.07) is 0. The first-order valence-electron chi connectivity index (χ1n) is 19.2. The Morgan fingerprint density at radius 2 is 1.57 bits per heavy atom. The molecule has 0 radical (unpaired) electrons. The molecule has 2 aromatic heterocycles. The summed E-state index contributed by atoms with van der Waals surface area (Å²) in [5, 5.41) is 0.463. The summed E-state index contributed by atoms with van der Waals surface area (Å²) < 4.78 is 36.9. The minimum absolute atomic E-state index is 0.0729. The summed E-state index contributed by atoms with van der Waals surface area (Å²) in [5.41, 5.74) is 0.365. The normalized spacial score (nSPS) is 19.0. The molecule has 0 bridgehead atoms. The number of fused-ring (bicyclic) bond motifs is 1. The number of phosphoric acid groups is 1. The van der Waals surface area contributed by atoms with Crippen LogP contribution < -0.4 is 5.56 Å². The summed E-state index contributed by atoms with van der Waals surface area (Å²) in [5.74, 6) is 1.18. The SMILES string of the molecule is CCCCCCCCCCCCCSC(CCCCCCC)C(C)OCCCOP(=O)(O)OC[C@@H]1CC[C@H](n2cnc3c(=O)[nH]cnc32)O1. The second kappa shape index (κ2) is 24.8. The van der Waals surface area contributed by atoms with Gasteiger partial charge in [-0.1, -0.05) is 110 Å². The molecule has 11 nitrogen and oxygen atoms in total. The monoisotopic (exact) mass is 728 g/mol. The Balaban J connectivity index is 1.28. The van der Waals surface area contributed by atoms with Crippen LogP contribution in [0.5, 0.6) is 0 Å². The number of ether oxygens (including phenoxy) is 2. The van der Waals surface area contributed by atoms with Gasteiger partial charge in [-0.25, -0.2) is 14.5 Å². The summed E-state index contributed by atoms with van der Waals surface area (Å²) >= 11 is 2.06. The van der Waals surface area contributed by atoms with E-state index in [1.54, 1.807) is 4.57 Å². The number of imidazole rings is 1. The Kier molecular flexibility index (Phi) is 21.4. The van der Waals surface area contributed by atoms with Crippen LogP contribution >= 0.6 is 19.6 Å². The van der Waals surface area contributed by atoms with E-state index in [1.165, 1.54) is 128 Å². The Bertz CT molecular complexity index is 1250. The first kappa shape index (κ1) is 42.1. The van der Waals surface area contributed by atoms with Gasteiger partial charge in [-0.2, -0.15) is 11.8 Å². The van der Waals surface area contributed by atoms with E-state index in [-0.39, 0.29) is 42.7 Å². The zero-order valence-electron chi connectivity index (χ0n) is 30.5. The average Bonchev–Trinajstić information content (AvgIpc) is 3.74. The second-order valence-electron chi connectivity index (χ2n) is 13.5. The van der Waals surface area contributed by atoms with Crippen molar-refractivity contribution in [1.82, 2.24) is 19.5 Å². The fraction of sp³-hybridized carbons (Fsp3) is 0.861. The van der Waals surface area contributed by atoms with Gasteiger partial charge in [0.15, 0.2) is 11.2 Å². The maximum Gasteiger partial charge on any atom is 0.472 e. The molecular formula is C36H65N4O7PS. The van der Waals surface area contributed by atoms with Crippen LogP contribution in [0, 0.1) is 0 Å². The predicted molar refractivity (Wildman–Crippen MR) is 199 cm³/mol. The molecule has 3 rings (SSSR count). The van der Waals surface area contributed by atoms with E-state index in [2.05, 4.69) is 47.5 Å². The summed E-state index contributed by atoms with van der Waals surface area (Å²) in [7, 11) is -4.23. The van der Waals surface area contributed by atoms with Gasteiger partial charge in [0, 0.05) is 11.9 Å². The van der Waals surface area contributed by atoms with Gasteiger partial charge in [0.2, 0.25) is 0 Å². The lowest BCUT2D eigenvalue weighted by molar-refractivity contribution is -0.0227. The number of thioether (sulfide) groups is 1. The van der Waals surface area contributed by atoms with Crippen LogP contribution in [0.1, 0.15) is 155 Å². The molecule has 0 aliphatic carbocycles. The average molecular weight is 729 g/mol. The zero-order valence-corrected chi connectivity index (χ0v) is 32.2. The third-order valence-corrected chi connectivity index (χ3v) is 11.9. The van der Waals surface area contributed by atoms with Crippen molar-refractivity contribution in [3.05, 3.63) is 23.0 Å². The first-order valence-corrected chi connectivity index (χ1v) is 21.8. The highest BCUT2D eigenvalue weighted by Gasteiger charge is 2.31. The van der Waals surface area contributed by atoms with Gasteiger partial charge < -0.3 is 19.4 Å². The summed E-state index contributed by atoms with van der Waals surface area (Å²) in [6.45, 7) is 7.16. The number of nitrogens with zero attached hydrogens (tertiary/aromatic N) is 3. The van der Waals surface area contributed by atoms with Crippen molar-refractivity contribution in [2.24, 2.45) is 0 Å². The number of H-pyrrole nitrogens is 1. The minimum Gasteiger partial charge on any atom is -0.377 e. The van der Waals surface area contributed by atoms with Crippen molar-refractivity contribution in [2.75, 3.05) is 25.6 Å². The Hall–Kier alpha value is -1.27. The predicted octanol–water partition coefficient (Wildman–Crippen LogP) is 9.50. The van der Waals surface area contributed by atoms with E-state index in [4.69, 9.17) is 18.5 Å². The van der Waals surface area contributed by atoms with Crippen LogP contribution in [-0.4, -0.2) is 67.4 Å². The van der Waals surface area contributed by atoms with Crippen molar-refractivity contribution >= 4 is 30.7 Å². The zero-order chi connectivity index (χ0) is 35.2. The molecule has 0 saturated carbocycles. The lowest BCUT2D eigenvalue weighted by atomic mass is 10.1. The number of aromatic nitrogens is 4. The number of rotatable bonds is 30. The fourth-order valence-corrected chi connectivity index (χ4v) is 8.47.